The molecule has 0 heterocycles. The van der Waals surface area contributed by atoms with Gasteiger partial charge in [-0.3, -0.25) is 0 Å². The van der Waals surface area contributed by atoms with Crippen LogP contribution >= 0.6 is 0 Å². The predicted octanol–water partition coefficient (Wildman–Crippen LogP) is 2.34. The van der Waals surface area contributed by atoms with Crippen LogP contribution in [0.3, 0.4) is 0 Å². The monoisotopic (exact) mass is 133 g/mol. The SMILES string of the molecule is CCC(F)CCCC[O]. The molecule has 1 radical (unpaired) electrons. The Morgan fingerprint density at radius 1 is 1.44 bits per heavy atom. The lowest BCUT2D eigenvalue weighted by Gasteiger charge is -2.01. The third-order valence-electron chi connectivity index (χ3n) is 1.35. The summed E-state index contributed by atoms with van der Waals surface area (Å²) in [7, 11) is 0. The highest BCUT2D eigenvalue weighted by atomic mass is 19.1. The molecule has 0 aliphatic carbocycles. The van der Waals surface area contributed by atoms with Gasteiger partial charge in [0.2, 0.25) is 0 Å². The second kappa shape index (κ2) is 6.02. The summed E-state index contributed by atoms with van der Waals surface area (Å²) in [4.78, 5) is 0. The van der Waals surface area contributed by atoms with Gasteiger partial charge in [0, 0.05) is 0 Å². The highest BCUT2D eigenvalue weighted by molar-refractivity contribution is 4.51. The Morgan fingerprint density at radius 2 is 2.11 bits per heavy atom. The molecule has 0 aliphatic heterocycles. The van der Waals surface area contributed by atoms with Gasteiger partial charge in [-0.25, -0.2) is 9.50 Å². The van der Waals surface area contributed by atoms with Crippen molar-refractivity contribution in [2.75, 3.05) is 6.61 Å². The Morgan fingerprint density at radius 3 is 2.56 bits per heavy atom. The summed E-state index contributed by atoms with van der Waals surface area (Å²) in [6.07, 6.45) is 1.84. The zero-order chi connectivity index (χ0) is 7.11. The standard InChI is InChI=1S/C7H14FO/c1-2-7(8)5-3-4-6-9/h7H,2-6H2,1H3. The molecule has 0 aromatic heterocycles. The zero-order valence-corrected chi connectivity index (χ0v) is 5.90. The van der Waals surface area contributed by atoms with Crippen LogP contribution in [-0.4, -0.2) is 12.8 Å². The molecule has 0 spiro atoms. The Bertz CT molecular complexity index is 56.9. The van der Waals surface area contributed by atoms with E-state index in [1.807, 2.05) is 6.92 Å². The zero-order valence-electron chi connectivity index (χ0n) is 5.90. The van der Waals surface area contributed by atoms with E-state index in [1.165, 1.54) is 0 Å². The van der Waals surface area contributed by atoms with Crippen molar-refractivity contribution in [2.45, 2.75) is 38.8 Å². The normalized spacial score (nSPS) is 13.7. The molecule has 0 saturated carbocycles. The first-order chi connectivity index (χ1) is 4.31. The summed E-state index contributed by atoms with van der Waals surface area (Å²) < 4.78 is 12.4. The third-order valence-corrected chi connectivity index (χ3v) is 1.35. The largest absolute Gasteiger partial charge is 0.248 e. The average molecular weight is 133 g/mol. The molecule has 0 aliphatic rings. The van der Waals surface area contributed by atoms with Crippen LogP contribution in [0, 0.1) is 0 Å². The number of unbranched alkanes of at least 4 members (excludes halogenated alkanes) is 1. The molecule has 0 aromatic rings. The van der Waals surface area contributed by atoms with Gasteiger partial charge < -0.3 is 0 Å². The highest BCUT2D eigenvalue weighted by Crippen LogP contribution is 2.06. The lowest BCUT2D eigenvalue weighted by molar-refractivity contribution is 0.181. The van der Waals surface area contributed by atoms with Crippen LogP contribution in [0.4, 0.5) is 4.39 Å². The van der Waals surface area contributed by atoms with Crippen LogP contribution < -0.4 is 0 Å². The topological polar surface area (TPSA) is 19.9 Å². The van der Waals surface area contributed by atoms with Crippen LogP contribution in [0.15, 0.2) is 0 Å². The Balaban J connectivity index is 2.88. The number of rotatable bonds is 5. The van der Waals surface area contributed by atoms with Gasteiger partial charge in [0.1, 0.15) is 0 Å². The van der Waals surface area contributed by atoms with E-state index in [4.69, 9.17) is 0 Å². The minimum absolute atomic E-state index is 0.0591. The van der Waals surface area contributed by atoms with Crippen molar-refractivity contribution in [1.82, 2.24) is 0 Å². The van der Waals surface area contributed by atoms with Crippen molar-refractivity contribution in [2.24, 2.45) is 0 Å². The van der Waals surface area contributed by atoms with Gasteiger partial charge in [0.25, 0.3) is 0 Å². The van der Waals surface area contributed by atoms with E-state index in [9.17, 15) is 9.50 Å². The van der Waals surface area contributed by atoms with Crippen LogP contribution in [0.2, 0.25) is 0 Å². The Hall–Kier alpha value is -0.110. The maximum atomic E-state index is 12.4. The second-order valence-corrected chi connectivity index (χ2v) is 2.21. The quantitative estimate of drug-likeness (QED) is 0.513. The van der Waals surface area contributed by atoms with E-state index in [0.717, 1.165) is 6.42 Å². The van der Waals surface area contributed by atoms with Crippen LogP contribution in [0.5, 0.6) is 0 Å². The first-order valence-corrected chi connectivity index (χ1v) is 3.53. The van der Waals surface area contributed by atoms with Gasteiger partial charge in [-0.15, -0.1) is 0 Å². The fourth-order valence-corrected chi connectivity index (χ4v) is 0.672. The van der Waals surface area contributed by atoms with E-state index < -0.39 is 6.17 Å². The molecule has 0 aromatic carbocycles. The van der Waals surface area contributed by atoms with E-state index in [1.54, 1.807) is 0 Å². The van der Waals surface area contributed by atoms with Crippen molar-refractivity contribution in [3.8, 4) is 0 Å². The summed E-state index contributed by atoms with van der Waals surface area (Å²) in [6.45, 7) is 1.76. The lowest BCUT2D eigenvalue weighted by Crippen LogP contribution is -1.97. The maximum Gasteiger partial charge on any atom is 0.0999 e. The molecule has 0 fully saturated rings. The number of alkyl halides is 1. The molecule has 1 unspecified atom stereocenters. The third kappa shape index (κ3) is 5.77. The van der Waals surface area contributed by atoms with Gasteiger partial charge in [0.05, 0.1) is 12.8 Å². The van der Waals surface area contributed by atoms with E-state index in [2.05, 4.69) is 0 Å². The van der Waals surface area contributed by atoms with Crippen molar-refractivity contribution in [3.05, 3.63) is 0 Å². The smallest absolute Gasteiger partial charge is 0.0999 e. The predicted molar refractivity (Wildman–Crippen MR) is 34.6 cm³/mol. The van der Waals surface area contributed by atoms with Gasteiger partial charge in [-0.05, 0) is 25.7 Å². The Kier molecular flexibility index (Phi) is 5.94. The molecule has 0 N–H and O–H groups in total. The average Bonchev–Trinajstić information content (AvgIpc) is 1.89. The van der Waals surface area contributed by atoms with E-state index in [0.29, 0.717) is 19.3 Å². The molecule has 2 heteroatoms. The maximum absolute atomic E-state index is 12.4. The minimum atomic E-state index is -0.684. The van der Waals surface area contributed by atoms with Crippen LogP contribution in [0.1, 0.15) is 32.6 Å². The van der Waals surface area contributed by atoms with Crippen LogP contribution in [0.25, 0.3) is 0 Å². The van der Waals surface area contributed by atoms with Crippen LogP contribution in [-0.2, 0) is 5.11 Å². The van der Waals surface area contributed by atoms with E-state index >= 15 is 0 Å². The summed E-state index contributed by atoms with van der Waals surface area (Å²) in [5.41, 5.74) is 0. The fraction of sp³-hybridized carbons (Fsp3) is 1.00. The minimum Gasteiger partial charge on any atom is -0.248 e. The van der Waals surface area contributed by atoms with Gasteiger partial charge >= 0.3 is 0 Å². The van der Waals surface area contributed by atoms with Gasteiger partial charge in [0.15, 0.2) is 0 Å². The number of hydrogen-bond donors (Lipinski definition) is 0. The molecule has 55 valence electrons. The fourth-order valence-electron chi connectivity index (χ4n) is 0.672. The summed E-state index contributed by atoms with van der Waals surface area (Å²) in [6, 6.07) is 0. The molecule has 1 atom stereocenters. The molecular formula is C7H14FO. The first kappa shape index (κ1) is 8.89. The van der Waals surface area contributed by atoms with E-state index in [-0.39, 0.29) is 6.61 Å². The van der Waals surface area contributed by atoms with Gasteiger partial charge in [-0.2, -0.15) is 0 Å². The molecular weight excluding hydrogens is 119 g/mol. The summed E-state index contributed by atoms with van der Waals surface area (Å²) in [5.74, 6) is 0. The van der Waals surface area contributed by atoms with Crippen molar-refractivity contribution in [1.29, 1.82) is 0 Å². The summed E-state index contributed by atoms with van der Waals surface area (Å²) in [5, 5.41) is 9.88. The highest BCUT2D eigenvalue weighted by Gasteiger charge is 2.00. The lowest BCUT2D eigenvalue weighted by atomic mass is 10.1. The molecule has 0 rings (SSSR count). The molecule has 0 amide bonds. The van der Waals surface area contributed by atoms with Crippen molar-refractivity contribution < 1.29 is 9.50 Å². The number of hydrogen-bond acceptors (Lipinski definition) is 0. The first-order valence-electron chi connectivity index (χ1n) is 3.53. The number of halogens is 1. The molecule has 1 nitrogen and oxygen atoms in total. The van der Waals surface area contributed by atoms with Crippen molar-refractivity contribution in [3.63, 3.8) is 0 Å². The molecule has 0 saturated heterocycles. The van der Waals surface area contributed by atoms with Gasteiger partial charge in [-0.1, -0.05) is 6.92 Å². The molecule has 0 bridgehead atoms. The Labute approximate surface area is 55.9 Å². The van der Waals surface area contributed by atoms with Crippen molar-refractivity contribution >= 4 is 0 Å². The summed E-state index contributed by atoms with van der Waals surface area (Å²) >= 11 is 0. The second-order valence-electron chi connectivity index (χ2n) is 2.21. The molecule has 9 heavy (non-hydrogen) atoms.